The summed E-state index contributed by atoms with van der Waals surface area (Å²) < 4.78 is 5.99. The minimum atomic E-state index is 0.503. The van der Waals surface area contributed by atoms with Crippen LogP contribution < -0.4 is 0 Å². The molecule has 1 nitrogen and oxygen atoms in total. The van der Waals surface area contributed by atoms with Crippen LogP contribution in [0.4, 0.5) is 0 Å². The number of allylic oxidation sites excluding steroid dienone is 3. The Morgan fingerprint density at radius 3 is 3.21 bits per heavy atom. The summed E-state index contributed by atoms with van der Waals surface area (Å²) in [6.45, 7) is 0.997. The molecule has 1 aliphatic heterocycles. The van der Waals surface area contributed by atoms with Gasteiger partial charge in [-0.1, -0.05) is 36.6 Å². The van der Waals surface area contributed by atoms with Gasteiger partial charge in [0, 0.05) is 11.3 Å². The molecule has 0 bridgehead atoms. The molecule has 4 aliphatic rings. The maximum atomic E-state index is 5.99. The summed E-state index contributed by atoms with van der Waals surface area (Å²) >= 11 is 0. The molecular formula is C13H16O. The first kappa shape index (κ1) is 7.70. The van der Waals surface area contributed by atoms with Crippen molar-refractivity contribution in [1.82, 2.24) is 0 Å². The molecule has 1 saturated heterocycles. The Morgan fingerprint density at radius 2 is 2.21 bits per heavy atom. The van der Waals surface area contributed by atoms with Crippen LogP contribution in [0.3, 0.4) is 0 Å². The zero-order valence-electron chi connectivity index (χ0n) is 8.41. The van der Waals surface area contributed by atoms with Gasteiger partial charge in [-0.2, -0.15) is 0 Å². The van der Waals surface area contributed by atoms with E-state index in [0.29, 0.717) is 11.5 Å². The van der Waals surface area contributed by atoms with E-state index in [1.807, 2.05) is 0 Å². The molecule has 4 rings (SSSR count). The minimum absolute atomic E-state index is 0.503. The summed E-state index contributed by atoms with van der Waals surface area (Å²) in [5.74, 6) is 1.59. The fraction of sp³-hybridized carbons (Fsp3) is 0.692. The van der Waals surface area contributed by atoms with Crippen molar-refractivity contribution in [3.05, 3.63) is 23.8 Å². The Labute approximate surface area is 84.8 Å². The van der Waals surface area contributed by atoms with Crippen LogP contribution in [-0.2, 0) is 4.74 Å². The second kappa shape index (κ2) is 2.33. The first-order chi connectivity index (χ1) is 6.93. The Bertz CT molecular complexity index is 341. The Hall–Kier alpha value is -0.560. The van der Waals surface area contributed by atoms with Crippen LogP contribution >= 0.6 is 0 Å². The summed E-state index contributed by atoms with van der Waals surface area (Å²) in [5, 5.41) is 0. The molecule has 3 aliphatic carbocycles. The van der Waals surface area contributed by atoms with Crippen molar-refractivity contribution in [3.63, 3.8) is 0 Å². The van der Waals surface area contributed by atoms with Crippen LogP contribution in [0.2, 0.25) is 0 Å². The highest BCUT2D eigenvalue weighted by Crippen LogP contribution is 2.71. The first-order valence-corrected chi connectivity index (χ1v) is 5.94. The fourth-order valence-corrected chi connectivity index (χ4v) is 4.13. The van der Waals surface area contributed by atoms with Crippen LogP contribution in [-0.4, -0.2) is 12.7 Å². The molecule has 1 heteroatoms. The molecule has 1 heterocycles. The van der Waals surface area contributed by atoms with Gasteiger partial charge >= 0.3 is 0 Å². The van der Waals surface area contributed by atoms with E-state index in [1.165, 1.54) is 25.7 Å². The Balaban J connectivity index is 1.75. The number of rotatable bonds is 0. The summed E-state index contributed by atoms with van der Waals surface area (Å²) in [4.78, 5) is 0. The second-order valence-electron chi connectivity index (χ2n) is 5.23. The van der Waals surface area contributed by atoms with Gasteiger partial charge in [0.05, 0.1) is 12.7 Å². The van der Waals surface area contributed by atoms with Crippen molar-refractivity contribution in [3.8, 4) is 0 Å². The third-order valence-corrected chi connectivity index (χ3v) is 4.81. The highest BCUT2D eigenvalue weighted by Gasteiger charge is 2.67. The lowest BCUT2D eigenvalue weighted by Crippen LogP contribution is -2.39. The van der Waals surface area contributed by atoms with E-state index in [-0.39, 0.29) is 0 Å². The van der Waals surface area contributed by atoms with Gasteiger partial charge in [-0.25, -0.2) is 0 Å². The van der Waals surface area contributed by atoms with Crippen molar-refractivity contribution < 1.29 is 4.74 Å². The van der Waals surface area contributed by atoms with E-state index in [9.17, 15) is 0 Å². The fourth-order valence-electron chi connectivity index (χ4n) is 4.13. The molecule has 74 valence electrons. The van der Waals surface area contributed by atoms with Crippen LogP contribution in [0.15, 0.2) is 23.8 Å². The van der Waals surface area contributed by atoms with Crippen molar-refractivity contribution in [2.24, 2.45) is 17.3 Å². The molecule has 3 fully saturated rings. The van der Waals surface area contributed by atoms with Crippen molar-refractivity contribution >= 4 is 0 Å². The SMILES string of the molecule is C1=CC23C(=C1)C2COC1CCCCC13. The molecule has 0 aromatic rings. The summed E-state index contributed by atoms with van der Waals surface area (Å²) in [5.41, 5.74) is 2.19. The van der Waals surface area contributed by atoms with E-state index in [2.05, 4.69) is 18.2 Å². The van der Waals surface area contributed by atoms with Gasteiger partial charge in [-0.3, -0.25) is 0 Å². The predicted molar refractivity (Wildman–Crippen MR) is 54.8 cm³/mol. The molecule has 2 saturated carbocycles. The van der Waals surface area contributed by atoms with Gasteiger partial charge < -0.3 is 4.74 Å². The second-order valence-corrected chi connectivity index (χ2v) is 5.23. The maximum Gasteiger partial charge on any atom is 0.0615 e. The number of hydrogen-bond acceptors (Lipinski definition) is 1. The van der Waals surface area contributed by atoms with Crippen molar-refractivity contribution in [1.29, 1.82) is 0 Å². The molecule has 0 amide bonds. The van der Waals surface area contributed by atoms with Crippen LogP contribution in [0, 0.1) is 17.3 Å². The van der Waals surface area contributed by atoms with Crippen molar-refractivity contribution in [2.75, 3.05) is 6.61 Å². The zero-order chi connectivity index (χ0) is 9.17. The van der Waals surface area contributed by atoms with E-state index >= 15 is 0 Å². The minimum Gasteiger partial charge on any atom is -0.377 e. The average molecular weight is 188 g/mol. The van der Waals surface area contributed by atoms with E-state index < -0.39 is 0 Å². The monoisotopic (exact) mass is 188 g/mol. The molecule has 0 radical (unpaired) electrons. The van der Waals surface area contributed by atoms with Gasteiger partial charge in [-0.15, -0.1) is 0 Å². The van der Waals surface area contributed by atoms with Crippen LogP contribution in [0.5, 0.6) is 0 Å². The lowest BCUT2D eigenvalue weighted by Gasteiger charge is -2.39. The maximum absolute atomic E-state index is 5.99. The van der Waals surface area contributed by atoms with Gasteiger partial charge in [-0.05, 0) is 18.8 Å². The normalized spacial score (nSPS) is 53.1. The molecule has 4 unspecified atom stereocenters. The molecule has 4 atom stereocenters. The number of fused-ring (bicyclic) bond motifs is 2. The van der Waals surface area contributed by atoms with E-state index in [1.54, 1.807) is 5.57 Å². The highest BCUT2D eigenvalue weighted by molar-refractivity contribution is 5.53. The van der Waals surface area contributed by atoms with E-state index in [0.717, 1.165) is 18.4 Å². The number of ether oxygens (including phenoxy) is 1. The third-order valence-electron chi connectivity index (χ3n) is 4.81. The molecule has 0 N–H and O–H groups in total. The smallest absolute Gasteiger partial charge is 0.0615 e. The largest absolute Gasteiger partial charge is 0.377 e. The van der Waals surface area contributed by atoms with Crippen LogP contribution in [0.25, 0.3) is 0 Å². The van der Waals surface area contributed by atoms with Gasteiger partial charge in [0.15, 0.2) is 0 Å². The third kappa shape index (κ3) is 0.692. The standard InChI is InChI=1S/C13H16O/c1-2-6-12-10(4-1)13-7-3-5-9(13)11(13)8-14-12/h3,5,7,10-12H,1-2,4,6,8H2. The highest BCUT2D eigenvalue weighted by atomic mass is 16.5. The topological polar surface area (TPSA) is 9.23 Å². The zero-order valence-corrected chi connectivity index (χ0v) is 8.41. The van der Waals surface area contributed by atoms with Gasteiger partial charge in [0.2, 0.25) is 0 Å². The van der Waals surface area contributed by atoms with Crippen molar-refractivity contribution in [2.45, 2.75) is 31.8 Å². The predicted octanol–water partition coefficient (Wildman–Crippen LogP) is 2.69. The lowest BCUT2D eigenvalue weighted by molar-refractivity contribution is -0.0692. The van der Waals surface area contributed by atoms with Gasteiger partial charge in [0.1, 0.15) is 0 Å². The van der Waals surface area contributed by atoms with Crippen LogP contribution in [0.1, 0.15) is 25.7 Å². The Morgan fingerprint density at radius 1 is 1.29 bits per heavy atom. The molecule has 14 heavy (non-hydrogen) atoms. The lowest BCUT2D eigenvalue weighted by atomic mass is 9.73. The molecular weight excluding hydrogens is 172 g/mol. The molecule has 0 aromatic heterocycles. The molecule has 1 spiro atoms. The first-order valence-electron chi connectivity index (χ1n) is 5.94. The van der Waals surface area contributed by atoms with E-state index in [4.69, 9.17) is 4.74 Å². The molecule has 0 aromatic carbocycles. The summed E-state index contributed by atoms with van der Waals surface area (Å²) in [6.07, 6.45) is 13.1. The summed E-state index contributed by atoms with van der Waals surface area (Å²) in [7, 11) is 0. The summed E-state index contributed by atoms with van der Waals surface area (Å²) in [6, 6.07) is 0. The van der Waals surface area contributed by atoms with Gasteiger partial charge in [0.25, 0.3) is 0 Å². The number of hydrogen-bond donors (Lipinski definition) is 0. The Kier molecular flexibility index (Phi) is 1.28. The average Bonchev–Trinajstić information content (AvgIpc) is 2.68. The quantitative estimate of drug-likeness (QED) is 0.568.